The summed E-state index contributed by atoms with van der Waals surface area (Å²) in [4.78, 5) is 24.1. The molecule has 1 aromatic heterocycles. The largest absolute Gasteiger partial charge is 0.411 e. The minimum absolute atomic E-state index is 0.0848. The number of nitrogens with zero attached hydrogens (tertiary/aromatic N) is 2. The number of rotatable bonds is 9. The van der Waals surface area contributed by atoms with Crippen LogP contribution in [0.2, 0.25) is 5.02 Å². The van der Waals surface area contributed by atoms with E-state index in [1.807, 2.05) is 0 Å². The van der Waals surface area contributed by atoms with E-state index in [-0.39, 0.29) is 29.3 Å². The van der Waals surface area contributed by atoms with Crippen molar-refractivity contribution in [1.29, 1.82) is 0 Å². The standard InChI is InChI=1S/C25H25ClFN3O5/c1-30-13-17(6-9-24(30)33)23(29-35)11-21(20-8-7-18(26)10-22(20)27)15-2-4-16(5-3-15)25(34)28-12-19(32)14-31/h2-10,13,19,21,31-32,35H,11-12,14H2,1H3,(H,28,34). The van der Waals surface area contributed by atoms with Crippen LogP contribution in [0.15, 0.2) is 70.7 Å². The molecule has 10 heteroatoms. The molecule has 35 heavy (non-hydrogen) atoms. The topological polar surface area (TPSA) is 124 Å². The second-order valence-electron chi connectivity index (χ2n) is 8.00. The first kappa shape index (κ1) is 26.1. The second kappa shape index (κ2) is 11.7. The van der Waals surface area contributed by atoms with E-state index in [1.165, 1.54) is 29.0 Å². The van der Waals surface area contributed by atoms with Crippen LogP contribution in [0.4, 0.5) is 4.39 Å². The summed E-state index contributed by atoms with van der Waals surface area (Å²) in [5, 5.41) is 34.2. The zero-order valence-corrected chi connectivity index (χ0v) is 19.6. The monoisotopic (exact) mass is 501 g/mol. The Kier molecular flexibility index (Phi) is 8.75. The number of aromatic nitrogens is 1. The van der Waals surface area contributed by atoms with E-state index < -0.39 is 30.4 Å². The summed E-state index contributed by atoms with van der Waals surface area (Å²) in [6.45, 7) is -0.580. The van der Waals surface area contributed by atoms with Crippen molar-refractivity contribution in [3.63, 3.8) is 0 Å². The lowest BCUT2D eigenvalue weighted by Gasteiger charge is -2.20. The Hall–Kier alpha value is -3.53. The lowest BCUT2D eigenvalue weighted by Crippen LogP contribution is -2.33. The Balaban J connectivity index is 1.95. The first-order chi connectivity index (χ1) is 16.7. The van der Waals surface area contributed by atoms with Crippen LogP contribution in [0.5, 0.6) is 0 Å². The van der Waals surface area contributed by atoms with Gasteiger partial charge >= 0.3 is 0 Å². The number of hydrogen-bond acceptors (Lipinski definition) is 6. The van der Waals surface area contributed by atoms with Crippen LogP contribution >= 0.6 is 11.6 Å². The van der Waals surface area contributed by atoms with Gasteiger partial charge in [-0.25, -0.2) is 4.39 Å². The lowest BCUT2D eigenvalue weighted by atomic mass is 9.85. The van der Waals surface area contributed by atoms with Crippen molar-refractivity contribution in [2.24, 2.45) is 12.2 Å². The quantitative estimate of drug-likeness (QED) is 0.204. The first-order valence-corrected chi connectivity index (χ1v) is 11.1. The van der Waals surface area contributed by atoms with Gasteiger partial charge in [-0.05, 0) is 41.5 Å². The van der Waals surface area contributed by atoms with Gasteiger partial charge in [0.25, 0.3) is 5.91 Å². The summed E-state index contributed by atoms with van der Waals surface area (Å²) < 4.78 is 16.3. The van der Waals surface area contributed by atoms with Crippen LogP contribution in [-0.2, 0) is 7.05 Å². The second-order valence-corrected chi connectivity index (χ2v) is 8.44. The molecule has 3 aromatic rings. The summed E-state index contributed by atoms with van der Waals surface area (Å²) in [6.07, 6.45) is 0.548. The van der Waals surface area contributed by atoms with E-state index in [0.717, 1.165) is 0 Å². The molecule has 0 radical (unpaired) electrons. The predicted octanol–water partition coefficient (Wildman–Crippen LogP) is 2.66. The number of amides is 1. The van der Waals surface area contributed by atoms with Crippen LogP contribution < -0.4 is 10.9 Å². The minimum atomic E-state index is -1.07. The molecule has 0 saturated heterocycles. The molecule has 0 bridgehead atoms. The van der Waals surface area contributed by atoms with Gasteiger partial charge in [-0.3, -0.25) is 9.59 Å². The highest BCUT2D eigenvalue weighted by molar-refractivity contribution is 6.30. The molecule has 8 nitrogen and oxygen atoms in total. The van der Waals surface area contributed by atoms with Gasteiger partial charge in [-0.1, -0.05) is 35.0 Å². The Labute approximate surface area is 205 Å². The molecule has 0 aliphatic rings. The summed E-state index contributed by atoms with van der Waals surface area (Å²) in [6, 6.07) is 13.6. The van der Waals surface area contributed by atoms with Crippen LogP contribution in [0, 0.1) is 5.82 Å². The van der Waals surface area contributed by atoms with Crippen LogP contribution in [0.1, 0.15) is 39.4 Å². The van der Waals surface area contributed by atoms with Crippen molar-refractivity contribution in [3.8, 4) is 0 Å². The van der Waals surface area contributed by atoms with Gasteiger partial charge in [0.2, 0.25) is 5.56 Å². The third-order valence-corrected chi connectivity index (χ3v) is 5.79. The third-order valence-electron chi connectivity index (χ3n) is 5.56. The first-order valence-electron chi connectivity index (χ1n) is 10.7. The van der Waals surface area contributed by atoms with Gasteiger partial charge < -0.3 is 25.3 Å². The zero-order chi connectivity index (χ0) is 25.5. The van der Waals surface area contributed by atoms with Gasteiger partial charge in [0.1, 0.15) is 5.82 Å². The number of aliphatic hydroxyl groups excluding tert-OH is 2. The normalized spacial score (nSPS) is 13.3. The predicted molar refractivity (Wildman–Crippen MR) is 130 cm³/mol. The van der Waals surface area contributed by atoms with E-state index in [0.29, 0.717) is 22.3 Å². The van der Waals surface area contributed by atoms with Gasteiger partial charge in [-0.2, -0.15) is 0 Å². The van der Waals surface area contributed by atoms with Crippen LogP contribution in [0.25, 0.3) is 0 Å². The number of carbonyl (C=O) groups is 1. The van der Waals surface area contributed by atoms with Crippen LogP contribution in [0.3, 0.4) is 0 Å². The van der Waals surface area contributed by atoms with Crippen LogP contribution in [-0.4, -0.2) is 50.9 Å². The van der Waals surface area contributed by atoms with Crippen molar-refractivity contribution in [2.45, 2.75) is 18.4 Å². The van der Waals surface area contributed by atoms with Crippen molar-refractivity contribution in [3.05, 3.63) is 104 Å². The van der Waals surface area contributed by atoms with E-state index in [4.69, 9.17) is 16.7 Å². The maximum atomic E-state index is 14.9. The number of hydrogen-bond donors (Lipinski definition) is 4. The molecule has 0 fully saturated rings. The smallest absolute Gasteiger partial charge is 0.251 e. The van der Waals surface area contributed by atoms with Gasteiger partial charge in [-0.15, -0.1) is 0 Å². The highest BCUT2D eigenvalue weighted by Gasteiger charge is 2.23. The number of carbonyl (C=O) groups excluding carboxylic acids is 1. The van der Waals surface area contributed by atoms with Gasteiger partial charge in [0.15, 0.2) is 0 Å². The molecule has 2 aromatic carbocycles. The molecule has 0 spiro atoms. The number of nitrogens with one attached hydrogen (secondary N) is 1. The molecule has 0 aliphatic carbocycles. The van der Waals surface area contributed by atoms with E-state index in [9.17, 15) is 24.3 Å². The number of aryl methyl sites for hydroxylation is 1. The van der Waals surface area contributed by atoms with E-state index in [2.05, 4.69) is 10.5 Å². The fourth-order valence-electron chi connectivity index (χ4n) is 3.61. The SMILES string of the molecule is Cn1cc(C(CC(c2ccc(C(=O)NCC(O)CO)cc2)c2ccc(Cl)cc2F)=NO)ccc1=O. The number of halogens is 2. The number of aliphatic hydroxyl groups is 2. The minimum Gasteiger partial charge on any atom is -0.411 e. The highest BCUT2D eigenvalue weighted by atomic mass is 35.5. The Morgan fingerprint density at radius 1 is 1.14 bits per heavy atom. The highest BCUT2D eigenvalue weighted by Crippen LogP contribution is 2.33. The summed E-state index contributed by atoms with van der Waals surface area (Å²) in [7, 11) is 1.57. The fraction of sp³-hybridized carbons (Fsp3) is 0.240. The average Bonchev–Trinajstić information content (AvgIpc) is 2.85. The zero-order valence-electron chi connectivity index (χ0n) is 18.9. The van der Waals surface area contributed by atoms with Crippen molar-refractivity contribution < 1.29 is 24.6 Å². The number of pyridine rings is 1. The average molecular weight is 502 g/mol. The Morgan fingerprint density at radius 3 is 2.43 bits per heavy atom. The molecule has 1 amide bonds. The Morgan fingerprint density at radius 2 is 1.83 bits per heavy atom. The summed E-state index contributed by atoms with van der Waals surface area (Å²) in [5.74, 6) is -1.59. The van der Waals surface area contributed by atoms with Crippen molar-refractivity contribution >= 4 is 23.2 Å². The molecule has 2 unspecified atom stereocenters. The lowest BCUT2D eigenvalue weighted by molar-refractivity contribution is 0.0802. The molecule has 3 rings (SSSR count). The summed E-state index contributed by atoms with van der Waals surface area (Å²) in [5.41, 5.74) is 1.76. The van der Waals surface area contributed by atoms with E-state index >= 15 is 0 Å². The fourth-order valence-corrected chi connectivity index (χ4v) is 3.77. The molecule has 1 heterocycles. The molecular formula is C25H25ClFN3O5. The molecule has 2 atom stereocenters. The molecule has 4 N–H and O–H groups in total. The van der Waals surface area contributed by atoms with Crippen molar-refractivity contribution in [2.75, 3.05) is 13.2 Å². The number of benzene rings is 2. The molecule has 184 valence electrons. The third kappa shape index (κ3) is 6.54. The number of oxime groups is 1. The molecule has 0 aliphatic heterocycles. The summed E-state index contributed by atoms with van der Waals surface area (Å²) >= 11 is 5.93. The maximum Gasteiger partial charge on any atom is 0.251 e. The van der Waals surface area contributed by atoms with Crippen molar-refractivity contribution in [1.82, 2.24) is 9.88 Å². The van der Waals surface area contributed by atoms with E-state index in [1.54, 1.807) is 43.4 Å². The Bertz CT molecular complexity index is 1280. The van der Waals surface area contributed by atoms with Gasteiger partial charge in [0, 0.05) is 54.3 Å². The van der Waals surface area contributed by atoms with Gasteiger partial charge in [0.05, 0.1) is 18.4 Å². The maximum absolute atomic E-state index is 14.9. The molecular weight excluding hydrogens is 477 g/mol. The molecule has 0 saturated carbocycles.